The van der Waals surface area contributed by atoms with Crippen molar-refractivity contribution in [3.05, 3.63) is 124 Å². The van der Waals surface area contributed by atoms with Crippen molar-refractivity contribution in [3.8, 4) is 5.75 Å². The van der Waals surface area contributed by atoms with Gasteiger partial charge in [-0.3, -0.25) is 4.79 Å². The molecule has 0 bridgehead atoms. The van der Waals surface area contributed by atoms with Crippen molar-refractivity contribution < 1.29 is 19.7 Å². The molecule has 2 N–H and O–H groups in total. The molecule has 1 heterocycles. The molecule has 4 rings (SSSR count). The number of benzene rings is 2. The molecule has 226 valence electrons. The number of allylic oxidation sites excluding steroid dienone is 9. The summed E-state index contributed by atoms with van der Waals surface area (Å²) >= 11 is 0. The van der Waals surface area contributed by atoms with Crippen LogP contribution in [0.2, 0.25) is 0 Å². The Morgan fingerprint density at radius 1 is 1.00 bits per heavy atom. The highest BCUT2D eigenvalue weighted by Crippen LogP contribution is 2.40. The van der Waals surface area contributed by atoms with Crippen LogP contribution in [-0.4, -0.2) is 22.8 Å². The van der Waals surface area contributed by atoms with Crippen molar-refractivity contribution >= 4 is 5.97 Å². The lowest BCUT2D eigenvalue weighted by Crippen LogP contribution is -2.19. The summed E-state index contributed by atoms with van der Waals surface area (Å²) in [6.07, 6.45) is 18.9. The van der Waals surface area contributed by atoms with E-state index in [1.807, 2.05) is 31.2 Å². The molecule has 0 fully saturated rings. The van der Waals surface area contributed by atoms with Crippen molar-refractivity contribution in [1.29, 1.82) is 0 Å². The number of ether oxygens (including phenoxy) is 1. The van der Waals surface area contributed by atoms with E-state index in [4.69, 9.17) is 14.9 Å². The molecular formula is C38H50O4. The van der Waals surface area contributed by atoms with Gasteiger partial charge in [0.1, 0.15) is 11.9 Å². The number of aryl methyl sites for hydroxylation is 1. The molecule has 0 amide bonds. The maximum Gasteiger partial charge on any atom is 0.303 e. The van der Waals surface area contributed by atoms with Gasteiger partial charge in [0.15, 0.2) is 0 Å². The first kappa shape index (κ1) is 34.6. The topological polar surface area (TPSA) is 66.8 Å². The summed E-state index contributed by atoms with van der Waals surface area (Å²) in [6, 6.07) is 18.8. The van der Waals surface area contributed by atoms with Crippen LogP contribution >= 0.6 is 0 Å². The molecule has 0 spiro atoms. The maximum atomic E-state index is 9.37. The minimum absolute atomic E-state index is 0.0985. The van der Waals surface area contributed by atoms with Gasteiger partial charge in [-0.05, 0) is 81.1 Å². The minimum atomic E-state index is -0.745. The summed E-state index contributed by atoms with van der Waals surface area (Å²) in [7, 11) is 0. The van der Waals surface area contributed by atoms with Crippen molar-refractivity contribution in [2.75, 3.05) is 6.61 Å². The smallest absolute Gasteiger partial charge is 0.303 e. The summed E-state index contributed by atoms with van der Waals surface area (Å²) in [5.74, 6) is 0.299. The minimum Gasteiger partial charge on any atom is -0.485 e. The molecule has 1 aliphatic carbocycles. The average Bonchev–Trinajstić information content (AvgIpc) is 2.97. The SMILES string of the molecule is CC1=C(/C=C/C(C)=C/C=C/C(C)=C/CO)C(C)(C)CCC1.CCC(=O)O.c1ccc(C2CCc3ccccc3O2)cc1. The van der Waals surface area contributed by atoms with Gasteiger partial charge in [-0.1, -0.05) is 122 Å². The molecule has 1 atom stereocenters. The van der Waals surface area contributed by atoms with Crippen molar-refractivity contribution in [3.63, 3.8) is 0 Å². The second kappa shape index (κ2) is 18.0. The number of aliphatic carboxylic acids is 1. The molecule has 4 heteroatoms. The van der Waals surface area contributed by atoms with Gasteiger partial charge in [-0.2, -0.15) is 0 Å². The number of hydrogen-bond donors (Lipinski definition) is 2. The number of fused-ring (bicyclic) bond motifs is 1. The van der Waals surface area contributed by atoms with Crippen LogP contribution in [0.3, 0.4) is 0 Å². The highest BCUT2D eigenvalue weighted by atomic mass is 16.5. The van der Waals surface area contributed by atoms with Crippen LogP contribution in [0.5, 0.6) is 5.75 Å². The zero-order chi connectivity index (χ0) is 31.0. The Morgan fingerprint density at radius 2 is 1.67 bits per heavy atom. The first-order chi connectivity index (χ1) is 20.1. The van der Waals surface area contributed by atoms with E-state index in [-0.39, 0.29) is 19.1 Å². The number of rotatable bonds is 7. The molecule has 1 aliphatic heterocycles. The van der Waals surface area contributed by atoms with Crippen LogP contribution in [-0.2, 0) is 11.2 Å². The molecule has 2 aromatic rings. The van der Waals surface area contributed by atoms with E-state index >= 15 is 0 Å². The predicted molar refractivity (Wildman–Crippen MR) is 176 cm³/mol. The van der Waals surface area contributed by atoms with Crippen LogP contribution in [0, 0.1) is 5.41 Å². The van der Waals surface area contributed by atoms with E-state index < -0.39 is 5.97 Å². The third kappa shape index (κ3) is 12.1. The van der Waals surface area contributed by atoms with Crippen molar-refractivity contribution in [1.82, 2.24) is 0 Å². The Balaban J connectivity index is 0.000000258. The van der Waals surface area contributed by atoms with E-state index in [9.17, 15) is 4.79 Å². The van der Waals surface area contributed by atoms with Gasteiger partial charge in [0.05, 0.1) is 6.61 Å². The summed E-state index contributed by atoms with van der Waals surface area (Å²) in [5.41, 5.74) is 8.26. The van der Waals surface area contributed by atoms with Crippen LogP contribution in [0.25, 0.3) is 0 Å². The zero-order valence-electron chi connectivity index (χ0n) is 26.4. The molecule has 0 saturated carbocycles. The average molecular weight is 571 g/mol. The second-order valence-electron chi connectivity index (χ2n) is 11.6. The lowest BCUT2D eigenvalue weighted by Gasteiger charge is -2.32. The Hall–Kier alpha value is -3.63. The van der Waals surface area contributed by atoms with Crippen LogP contribution < -0.4 is 4.74 Å². The largest absolute Gasteiger partial charge is 0.485 e. The second-order valence-corrected chi connectivity index (χ2v) is 11.6. The molecule has 42 heavy (non-hydrogen) atoms. The molecule has 4 nitrogen and oxygen atoms in total. The first-order valence-corrected chi connectivity index (χ1v) is 15.1. The summed E-state index contributed by atoms with van der Waals surface area (Å²) in [6.45, 7) is 12.8. The van der Waals surface area contributed by atoms with Gasteiger partial charge in [0, 0.05) is 6.42 Å². The van der Waals surface area contributed by atoms with Gasteiger partial charge < -0.3 is 14.9 Å². The molecular weight excluding hydrogens is 520 g/mol. The Morgan fingerprint density at radius 3 is 2.31 bits per heavy atom. The number of carboxylic acid groups (broad SMARTS) is 1. The highest BCUT2D eigenvalue weighted by molar-refractivity contribution is 5.66. The fourth-order valence-electron chi connectivity index (χ4n) is 5.07. The number of hydrogen-bond acceptors (Lipinski definition) is 3. The number of carboxylic acids is 1. The summed E-state index contributed by atoms with van der Waals surface area (Å²) in [5, 5.41) is 16.5. The standard InChI is InChI=1S/C20H30O.C15H14O.C3H6O2/c1-16(8-6-9-17(2)13-15-21)11-12-19-18(3)10-7-14-20(19,4)5;1-2-6-12(7-3-1)15-11-10-13-8-4-5-9-14(13)16-15;1-2-3(4)5/h6,8-9,11-13,21H,7,10,14-15H2,1-5H3;1-9,15H,10-11H2;2H2,1H3,(H,4,5)/b9-6+,12-11+,16-8+,17-13+;;. The molecule has 0 aromatic heterocycles. The third-order valence-electron chi connectivity index (χ3n) is 7.58. The molecule has 2 aromatic carbocycles. The number of aliphatic hydroxyl groups is 1. The van der Waals surface area contributed by atoms with Crippen LogP contribution in [0.1, 0.15) is 90.9 Å². The molecule has 1 unspecified atom stereocenters. The number of aliphatic hydroxyl groups excluding tert-OH is 1. The van der Waals surface area contributed by atoms with Crippen molar-refractivity contribution in [2.24, 2.45) is 5.41 Å². The van der Waals surface area contributed by atoms with Crippen molar-refractivity contribution in [2.45, 2.75) is 86.2 Å². The van der Waals surface area contributed by atoms with Gasteiger partial charge in [-0.25, -0.2) is 0 Å². The first-order valence-electron chi connectivity index (χ1n) is 15.1. The lowest BCUT2D eigenvalue weighted by molar-refractivity contribution is -0.136. The fourth-order valence-corrected chi connectivity index (χ4v) is 5.07. The molecule has 0 radical (unpaired) electrons. The number of carbonyl (C=O) groups is 1. The lowest BCUT2D eigenvalue weighted by atomic mass is 9.72. The molecule has 0 saturated heterocycles. The van der Waals surface area contributed by atoms with E-state index in [2.05, 4.69) is 88.4 Å². The van der Waals surface area contributed by atoms with Gasteiger partial charge in [-0.15, -0.1) is 0 Å². The zero-order valence-corrected chi connectivity index (χ0v) is 26.4. The number of para-hydroxylation sites is 1. The predicted octanol–water partition coefficient (Wildman–Crippen LogP) is 9.74. The third-order valence-corrected chi connectivity index (χ3v) is 7.58. The monoisotopic (exact) mass is 570 g/mol. The van der Waals surface area contributed by atoms with E-state index in [1.165, 1.54) is 47.1 Å². The highest BCUT2D eigenvalue weighted by Gasteiger charge is 2.26. The van der Waals surface area contributed by atoms with Gasteiger partial charge >= 0.3 is 5.97 Å². The Kier molecular flexibility index (Phi) is 14.8. The molecule has 2 aliphatic rings. The van der Waals surface area contributed by atoms with E-state index in [1.54, 1.807) is 13.0 Å². The summed E-state index contributed by atoms with van der Waals surface area (Å²) in [4.78, 5) is 9.37. The van der Waals surface area contributed by atoms with E-state index in [0.29, 0.717) is 5.41 Å². The normalized spacial score (nSPS) is 18.4. The van der Waals surface area contributed by atoms with Crippen LogP contribution in [0.15, 0.2) is 113 Å². The summed E-state index contributed by atoms with van der Waals surface area (Å²) < 4.78 is 6.02. The Bertz CT molecular complexity index is 1280. The van der Waals surface area contributed by atoms with E-state index in [0.717, 1.165) is 24.2 Å². The quantitative estimate of drug-likeness (QED) is 0.325. The maximum absolute atomic E-state index is 9.37. The Labute approximate surface area is 253 Å². The van der Waals surface area contributed by atoms with Gasteiger partial charge in [0.25, 0.3) is 0 Å². The van der Waals surface area contributed by atoms with Gasteiger partial charge in [0.2, 0.25) is 0 Å². The van der Waals surface area contributed by atoms with Crippen LogP contribution in [0.4, 0.5) is 0 Å². The fraction of sp³-hybridized carbons (Fsp3) is 0.395.